The summed E-state index contributed by atoms with van der Waals surface area (Å²) in [5.74, 6) is 0.0626. The summed E-state index contributed by atoms with van der Waals surface area (Å²) >= 11 is 0. The highest BCUT2D eigenvalue weighted by molar-refractivity contribution is 5.88. The maximum Gasteiger partial charge on any atom is 0.411 e. The van der Waals surface area contributed by atoms with E-state index in [1.165, 1.54) is 11.1 Å². The van der Waals surface area contributed by atoms with E-state index in [9.17, 15) is 9.59 Å². The Morgan fingerprint density at radius 1 is 1.07 bits per heavy atom. The third-order valence-corrected chi connectivity index (χ3v) is 4.76. The molecule has 0 fully saturated rings. The fourth-order valence-corrected chi connectivity index (χ4v) is 3.23. The van der Waals surface area contributed by atoms with E-state index in [2.05, 4.69) is 22.8 Å². The highest BCUT2D eigenvalue weighted by Gasteiger charge is 2.20. The smallest absolute Gasteiger partial charge is 0.411 e. The van der Waals surface area contributed by atoms with Crippen LogP contribution in [-0.2, 0) is 22.5 Å². The summed E-state index contributed by atoms with van der Waals surface area (Å²) in [6, 6.07) is 13.8. The number of carbonyl (C=O) groups excluding carboxylic acids is 2. The summed E-state index contributed by atoms with van der Waals surface area (Å²) in [6.45, 7) is 5.57. The molecule has 0 spiro atoms. The van der Waals surface area contributed by atoms with Gasteiger partial charge in [-0.05, 0) is 49.1 Å². The largest absolute Gasteiger partial charge is 0.450 e. The molecule has 0 atom stereocenters. The van der Waals surface area contributed by atoms with Crippen LogP contribution in [0.4, 0.5) is 16.2 Å². The SMILES string of the molecule is CCOC(=O)Nc1cccc(NCC(=O)N2CCc3ccccc3C2)c1C. The summed E-state index contributed by atoms with van der Waals surface area (Å²) in [5, 5.41) is 5.91. The number of nitrogens with zero attached hydrogens (tertiary/aromatic N) is 1. The van der Waals surface area contributed by atoms with Crippen molar-refractivity contribution in [2.75, 3.05) is 30.3 Å². The Morgan fingerprint density at radius 2 is 1.81 bits per heavy atom. The van der Waals surface area contributed by atoms with Gasteiger partial charge in [-0.3, -0.25) is 10.1 Å². The van der Waals surface area contributed by atoms with E-state index >= 15 is 0 Å². The maximum absolute atomic E-state index is 12.6. The first-order valence-corrected chi connectivity index (χ1v) is 9.20. The molecular formula is C21H25N3O3. The van der Waals surface area contributed by atoms with Gasteiger partial charge in [0.2, 0.25) is 5.91 Å². The number of benzene rings is 2. The summed E-state index contributed by atoms with van der Waals surface area (Å²) in [6.07, 6.45) is 0.403. The predicted molar refractivity (Wildman–Crippen MR) is 106 cm³/mol. The van der Waals surface area contributed by atoms with Crippen molar-refractivity contribution in [3.63, 3.8) is 0 Å². The van der Waals surface area contributed by atoms with Gasteiger partial charge in [0, 0.05) is 24.5 Å². The molecule has 0 bridgehead atoms. The Labute approximate surface area is 159 Å². The third kappa shape index (κ3) is 4.58. The number of amides is 2. The van der Waals surface area contributed by atoms with E-state index in [-0.39, 0.29) is 12.5 Å². The van der Waals surface area contributed by atoms with Gasteiger partial charge in [0.25, 0.3) is 0 Å². The van der Waals surface area contributed by atoms with Crippen molar-refractivity contribution in [1.82, 2.24) is 4.90 Å². The second-order valence-corrected chi connectivity index (χ2v) is 6.51. The third-order valence-electron chi connectivity index (χ3n) is 4.76. The van der Waals surface area contributed by atoms with Gasteiger partial charge in [0.05, 0.1) is 13.2 Å². The number of hydrogen-bond acceptors (Lipinski definition) is 4. The van der Waals surface area contributed by atoms with Crippen molar-refractivity contribution < 1.29 is 14.3 Å². The molecule has 6 nitrogen and oxygen atoms in total. The van der Waals surface area contributed by atoms with Crippen molar-refractivity contribution in [1.29, 1.82) is 0 Å². The summed E-state index contributed by atoms with van der Waals surface area (Å²) in [5.41, 5.74) is 4.88. The number of fused-ring (bicyclic) bond motifs is 1. The van der Waals surface area contributed by atoms with Gasteiger partial charge in [-0.1, -0.05) is 30.3 Å². The number of hydrogen-bond donors (Lipinski definition) is 2. The van der Waals surface area contributed by atoms with Gasteiger partial charge in [0.15, 0.2) is 0 Å². The number of rotatable bonds is 5. The molecule has 1 aliphatic rings. The number of ether oxygens (including phenoxy) is 1. The predicted octanol–water partition coefficient (Wildman–Crippen LogP) is 3.56. The molecule has 0 radical (unpaired) electrons. The van der Waals surface area contributed by atoms with E-state index in [0.717, 1.165) is 24.2 Å². The maximum atomic E-state index is 12.6. The molecule has 1 aliphatic heterocycles. The minimum atomic E-state index is -0.485. The lowest BCUT2D eigenvalue weighted by atomic mass is 10.00. The molecule has 2 amide bonds. The zero-order valence-corrected chi connectivity index (χ0v) is 15.7. The first kappa shape index (κ1) is 18.8. The average Bonchev–Trinajstić information content (AvgIpc) is 2.68. The molecule has 6 heteroatoms. The normalized spacial score (nSPS) is 12.9. The molecule has 2 N–H and O–H groups in total. The number of nitrogens with one attached hydrogen (secondary N) is 2. The second kappa shape index (κ2) is 8.58. The Bertz CT molecular complexity index is 835. The molecule has 2 aromatic rings. The first-order valence-electron chi connectivity index (χ1n) is 9.20. The van der Waals surface area contributed by atoms with Crippen LogP contribution in [0.2, 0.25) is 0 Å². The van der Waals surface area contributed by atoms with Crippen molar-refractivity contribution in [3.05, 3.63) is 59.2 Å². The van der Waals surface area contributed by atoms with Crippen molar-refractivity contribution >= 4 is 23.4 Å². The van der Waals surface area contributed by atoms with E-state index in [0.29, 0.717) is 18.8 Å². The zero-order valence-electron chi connectivity index (χ0n) is 15.7. The Morgan fingerprint density at radius 3 is 2.59 bits per heavy atom. The summed E-state index contributed by atoms with van der Waals surface area (Å²) in [4.78, 5) is 26.1. The van der Waals surface area contributed by atoms with Crippen LogP contribution in [-0.4, -0.2) is 36.6 Å². The second-order valence-electron chi connectivity index (χ2n) is 6.51. The van der Waals surface area contributed by atoms with E-state index in [1.807, 2.05) is 36.1 Å². The molecule has 0 unspecified atom stereocenters. The van der Waals surface area contributed by atoms with Gasteiger partial charge in [-0.15, -0.1) is 0 Å². The van der Waals surface area contributed by atoms with Crippen molar-refractivity contribution in [2.45, 2.75) is 26.8 Å². The monoisotopic (exact) mass is 367 g/mol. The van der Waals surface area contributed by atoms with Gasteiger partial charge in [0.1, 0.15) is 0 Å². The average molecular weight is 367 g/mol. The van der Waals surface area contributed by atoms with E-state index in [4.69, 9.17) is 4.74 Å². The van der Waals surface area contributed by atoms with Gasteiger partial charge in [-0.25, -0.2) is 4.79 Å². The minimum absolute atomic E-state index is 0.0626. The van der Waals surface area contributed by atoms with Crippen molar-refractivity contribution in [2.24, 2.45) is 0 Å². The molecule has 0 aliphatic carbocycles. The van der Waals surface area contributed by atoms with Gasteiger partial charge >= 0.3 is 6.09 Å². The Kier molecular flexibility index (Phi) is 5.96. The first-order chi connectivity index (χ1) is 13.1. The topological polar surface area (TPSA) is 70.7 Å². The quantitative estimate of drug-likeness (QED) is 0.848. The molecule has 142 valence electrons. The number of anilines is 2. The zero-order chi connectivity index (χ0) is 19.2. The highest BCUT2D eigenvalue weighted by Crippen LogP contribution is 2.24. The van der Waals surface area contributed by atoms with Crippen LogP contribution < -0.4 is 10.6 Å². The Hall–Kier alpha value is -3.02. The van der Waals surface area contributed by atoms with Crippen LogP contribution in [0, 0.1) is 6.92 Å². The standard InChI is InChI=1S/C21H25N3O3/c1-3-27-21(26)23-19-10-6-9-18(15(19)2)22-13-20(25)24-12-11-16-7-4-5-8-17(16)14-24/h4-10,22H,3,11-14H2,1-2H3,(H,23,26). The van der Waals surface area contributed by atoms with Gasteiger partial charge in [-0.2, -0.15) is 0 Å². The fraction of sp³-hybridized carbons (Fsp3) is 0.333. The van der Waals surface area contributed by atoms with Gasteiger partial charge < -0.3 is 15.0 Å². The van der Waals surface area contributed by atoms with Crippen LogP contribution in [0.1, 0.15) is 23.6 Å². The number of carbonyl (C=O) groups is 2. The minimum Gasteiger partial charge on any atom is -0.450 e. The molecule has 2 aromatic carbocycles. The summed E-state index contributed by atoms with van der Waals surface area (Å²) in [7, 11) is 0. The van der Waals surface area contributed by atoms with E-state index < -0.39 is 6.09 Å². The van der Waals surface area contributed by atoms with E-state index in [1.54, 1.807) is 13.0 Å². The Balaban J connectivity index is 1.60. The van der Waals surface area contributed by atoms with Crippen LogP contribution in [0.15, 0.2) is 42.5 Å². The summed E-state index contributed by atoms with van der Waals surface area (Å²) < 4.78 is 4.92. The molecule has 0 saturated heterocycles. The lowest BCUT2D eigenvalue weighted by molar-refractivity contribution is -0.130. The van der Waals surface area contributed by atoms with Crippen LogP contribution in [0.5, 0.6) is 0 Å². The molecule has 0 saturated carbocycles. The molecule has 27 heavy (non-hydrogen) atoms. The van der Waals surface area contributed by atoms with Crippen LogP contribution in [0.25, 0.3) is 0 Å². The lowest BCUT2D eigenvalue weighted by Gasteiger charge is -2.29. The van der Waals surface area contributed by atoms with Crippen LogP contribution >= 0.6 is 0 Å². The molecular weight excluding hydrogens is 342 g/mol. The fourth-order valence-electron chi connectivity index (χ4n) is 3.23. The van der Waals surface area contributed by atoms with Crippen molar-refractivity contribution in [3.8, 4) is 0 Å². The highest BCUT2D eigenvalue weighted by atomic mass is 16.5. The molecule has 3 rings (SSSR count). The molecule has 0 aromatic heterocycles. The lowest BCUT2D eigenvalue weighted by Crippen LogP contribution is -2.39. The van der Waals surface area contributed by atoms with Crippen LogP contribution in [0.3, 0.4) is 0 Å². The molecule has 1 heterocycles.